The number of hydrogen-bond donors (Lipinski definition) is 0. The van der Waals surface area contributed by atoms with Crippen molar-refractivity contribution in [3.63, 3.8) is 0 Å². The molecular formula is C11H13N3. The van der Waals surface area contributed by atoms with E-state index in [9.17, 15) is 0 Å². The van der Waals surface area contributed by atoms with Gasteiger partial charge in [-0.25, -0.2) is 0 Å². The third-order valence-corrected chi connectivity index (χ3v) is 1.83. The Balaban J connectivity index is 0.000000146. The Kier molecular flexibility index (Phi) is 4.27. The van der Waals surface area contributed by atoms with Crippen LogP contribution in [0, 0.1) is 13.8 Å². The molecule has 2 aromatic rings. The van der Waals surface area contributed by atoms with Gasteiger partial charge in [0.1, 0.15) is 0 Å². The molecule has 0 bridgehead atoms. The second kappa shape index (κ2) is 5.80. The normalized spacial score (nSPS) is 8.71. The second-order valence-corrected chi connectivity index (χ2v) is 2.90. The van der Waals surface area contributed by atoms with Crippen LogP contribution >= 0.6 is 0 Å². The average molecular weight is 187 g/mol. The molecule has 0 atom stereocenters. The summed E-state index contributed by atoms with van der Waals surface area (Å²) in [6.45, 7) is 4.24. The third-order valence-electron chi connectivity index (χ3n) is 1.83. The molecule has 0 aliphatic carbocycles. The van der Waals surface area contributed by atoms with Crippen LogP contribution in [0.25, 0.3) is 0 Å². The van der Waals surface area contributed by atoms with E-state index in [1.807, 2.05) is 0 Å². The zero-order chi connectivity index (χ0) is 10.2. The molecule has 0 spiro atoms. The number of aryl methyl sites for hydroxylation is 2. The lowest BCUT2D eigenvalue weighted by Crippen LogP contribution is -1.78. The standard InChI is InChI=1S/C8H10.C3H3N3/c1-7-5-3-4-6-8(7)2;1-2-4-6-5-3-1/h3-6H,1-2H3;1-3H. The molecule has 0 N–H and O–H groups in total. The third kappa shape index (κ3) is 3.76. The highest BCUT2D eigenvalue weighted by atomic mass is 15.3. The Morgan fingerprint density at radius 3 is 1.50 bits per heavy atom. The van der Waals surface area contributed by atoms with Crippen molar-refractivity contribution in [1.82, 2.24) is 15.4 Å². The van der Waals surface area contributed by atoms with Gasteiger partial charge in [-0.2, -0.15) is 0 Å². The minimum Gasteiger partial charge on any atom is -0.139 e. The summed E-state index contributed by atoms with van der Waals surface area (Å²) in [7, 11) is 0. The minimum atomic E-state index is 1.37. The van der Waals surface area contributed by atoms with E-state index in [1.165, 1.54) is 11.1 Å². The Morgan fingerprint density at radius 1 is 0.786 bits per heavy atom. The molecule has 0 saturated heterocycles. The summed E-state index contributed by atoms with van der Waals surface area (Å²) >= 11 is 0. The molecule has 1 heterocycles. The molecule has 1 aromatic heterocycles. The molecule has 72 valence electrons. The van der Waals surface area contributed by atoms with Gasteiger partial charge in [-0.15, -0.1) is 10.2 Å². The molecule has 2 rings (SSSR count). The maximum absolute atomic E-state index is 3.42. The van der Waals surface area contributed by atoms with E-state index in [-0.39, 0.29) is 0 Å². The van der Waals surface area contributed by atoms with Gasteiger partial charge >= 0.3 is 0 Å². The van der Waals surface area contributed by atoms with Crippen LogP contribution < -0.4 is 0 Å². The van der Waals surface area contributed by atoms with Crippen LogP contribution in [0.3, 0.4) is 0 Å². The van der Waals surface area contributed by atoms with E-state index >= 15 is 0 Å². The van der Waals surface area contributed by atoms with Gasteiger partial charge in [0.15, 0.2) is 0 Å². The number of benzene rings is 1. The van der Waals surface area contributed by atoms with E-state index in [0.29, 0.717) is 0 Å². The predicted molar refractivity (Wildman–Crippen MR) is 55.7 cm³/mol. The molecule has 0 saturated carbocycles. The molecule has 0 aliphatic rings. The van der Waals surface area contributed by atoms with Crippen LogP contribution in [-0.2, 0) is 0 Å². The number of rotatable bonds is 0. The van der Waals surface area contributed by atoms with Crippen LogP contribution in [-0.4, -0.2) is 15.4 Å². The average Bonchev–Trinajstić information content (AvgIpc) is 2.26. The van der Waals surface area contributed by atoms with Crippen molar-refractivity contribution in [2.24, 2.45) is 0 Å². The lowest BCUT2D eigenvalue weighted by Gasteiger charge is -1.93. The Bertz CT molecular complexity index is 312. The zero-order valence-electron chi connectivity index (χ0n) is 8.38. The number of hydrogen-bond acceptors (Lipinski definition) is 3. The van der Waals surface area contributed by atoms with Gasteiger partial charge in [-0.1, -0.05) is 24.3 Å². The van der Waals surface area contributed by atoms with Gasteiger partial charge in [0, 0.05) is 0 Å². The maximum atomic E-state index is 3.42. The molecular weight excluding hydrogens is 174 g/mol. The fourth-order valence-electron chi connectivity index (χ4n) is 0.868. The molecule has 0 unspecified atom stereocenters. The smallest absolute Gasteiger partial charge is 0.0529 e. The Hall–Kier alpha value is -1.77. The summed E-state index contributed by atoms with van der Waals surface area (Å²) in [4.78, 5) is 0. The lowest BCUT2D eigenvalue weighted by molar-refractivity contribution is 0.865. The molecule has 0 radical (unpaired) electrons. The van der Waals surface area contributed by atoms with Crippen LogP contribution in [0.1, 0.15) is 11.1 Å². The molecule has 0 fully saturated rings. The first-order valence-corrected chi connectivity index (χ1v) is 4.41. The lowest BCUT2D eigenvalue weighted by atomic mass is 10.1. The predicted octanol–water partition coefficient (Wildman–Crippen LogP) is 2.18. The monoisotopic (exact) mass is 187 g/mol. The van der Waals surface area contributed by atoms with Crippen molar-refractivity contribution < 1.29 is 0 Å². The van der Waals surface area contributed by atoms with Crippen LogP contribution in [0.5, 0.6) is 0 Å². The van der Waals surface area contributed by atoms with Gasteiger partial charge in [-0.3, -0.25) is 0 Å². The highest BCUT2D eigenvalue weighted by molar-refractivity contribution is 5.23. The second-order valence-electron chi connectivity index (χ2n) is 2.90. The van der Waals surface area contributed by atoms with Gasteiger partial charge in [0.2, 0.25) is 0 Å². The number of aromatic nitrogens is 3. The number of nitrogens with zero attached hydrogens (tertiary/aromatic N) is 3. The summed E-state index contributed by atoms with van der Waals surface area (Å²) < 4.78 is 0. The summed E-state index contributed by atoms with van der Waals surface area (Å²) in [5, 5.41) is 10.1. The molecule has 0 amide bonds. The topological polar surface area (TPSA) is 38.7 Å². The van der Waals surface area contributed by atoms with E-state index in [0.717, 1.165) is 0 Å². The van der Waals surface area contributed by atoms with Crippen molar-refractivity contribution in [3.8, 4) is 0 Å². The van der Waals surface area contributed by atoms with Crippen LogP contribution in [0.15, 0.2) is 42.7 Å². The first kappa shape index (κ1) is 10.3. The van der Waals surface area contributed by atoms with Crippen molar-refractivity contribution >= 4 is 0 Å². The van der Waals surface area contributed by atoms with Crippen LogP contribution in [0.4, 0.5) is 0 Å². The fourth-order valence-corrected chi connectivity index (χ4v) is 0.868. The minimum absolute atomic E-state index is 1.37. The van der Waals surface area contributed by atoms with Crippen molar-refractivity contribution in [2.45, 2.75) is 13.8 Å². The maximum Gasteiger partial charge on any atom is 0.0529 e. The fraction of sp³-hybridized carbons (Fsp3) is 0.182. The first-order chi connectivity index (χ1) is 6.80. The summed E-state index contributed by atoms with van der Waals surface area (Å²) in [6.07, 6.45) is 3.15. The molecule has 3 heteroatoms. The van der Waals surface area contributed by atoms with Crippen molar-refractivity contribution in [2.75, 3.05) is 0 Å². The van der Waals surface area contributed by atoms with E-state index in [4.69, 9.17) is 0 Å². The first-order valence-electron chi connectivity index (χ1n) is 4.41. The van der Waals surface area contributed by atoms with Gasteiger partial charge in [-0.05, 0) is 36.3 Å². The van der Waals surface area contributed by atoms with E-state index in [1.54, 1.807) is 18.5 Å². The van der Waals surface area contributed by atoms with Gasteiger partial charge in [0.25, 0.3) is 0 Å². The molecule has 0 aliphatic heterocycles. The van der Waals surface area contributed by atoms with Gasteiger partial charge < -0.3 is 0 Å². The van der Waals surface area contributed by atoms with E-state index in [2.05, 4.69) is 53.5 Å². The van der Waals surface area contributed by atoms with Gasteiger partial charge in [0.05, 0.1) is 12.4 Å². The highest BCUT2D eigenvalue weighted by Gasteiger charge is 1.83. The molecule has 14 heavy (non-hydrogen) atoms. The summed E-state index contributed by atoms with van der Waals surface area (Å²) in [5.74, 6) is 0. The highest BCUT2D eigenvalue weighted by Crippen LogP contribution is 2.02. The quantitative estimate of drug-likeness (QED) is 0.634. The molecule has 3 nitrogen and oxygen atoms in total. The summed E-state index contributed by atoms with van der Waals surface area (Å²) in [5.41, 5.74) is 2.74. The zero-order valence-corrected chi connectivity index (χ0v) is 8.38. The Labute approximate surface area is 83.8 Å². The Morgan fingerprint density at radius 2 is 1.29 bits per heavy atom. The van der Waals surface area contributed by atoms with Crippen LogP contribution in [0.2, 0.25) is 0 Å². The molecule has 1 aromatic carbocycles. The SMILES string of the molecule is Cc1ccccc1C.c1cnnnc1. The summed E-state index contributed by atoms with van der Waals surface area (Å²) in [6, 6.07) is 10.1. The van der Waals surface area contributed by atoms with Crippen molar-refractivity contribution in [1.29, 1.82) is 0 Å². The van der Waals surface area contributed by atoms with E-state index < -0.39 is 0 Å². The largest absolute Gasteiger partial charge is 0.139 e. The van der Waals surface area contributed by atoms with Crippen molar-refractivity contribution in [3.05, 3.63) is 53.9 Å².